The Morgan fingerprint density at radius 3 is 3.00 bits per heavy atom. The zero-order chi connectivity index (χ0) is 14.7. The zero-order valence-electron chi connectivity index (χ0n) is 11.7. The van der Waals surface area contributed by atoms with Gasteiger partial charge in [-0.1, -0.05) is 12.1 Å². The van der Waals surface area contributed by atoms with Gasteiger partial charge in [0.1, 0.15) is 12.4 Å². The summed E-state index contributed by atoms with van der Waals surface area (Å²) in [5.41, 5.74) is 8.07. The van der Waals surface area contributed by atoms with Gasteiger partial charge in [0.25, 0.3) is 5.91 Å². The van der Waals surface area contributed by atoms with Crippen LogP contribution in [0.5, 0.6) is 5.75 Å². The van der Waals surface area contributed by atoms with Gasteiger partial charge in [0, 0.05) is 19.3 Å². The zero-order valence-corrected chi connectivity index (χ0v) is 11.7. The molecule has 21 heavy (non-hydrogen) atoms. The Bertz CT molecular complexity index is 657. The van der Waals surface area contributed by atoms with Crippen molar-refractivity contribution < 1.29 is 9.53 Å². The number of hydrogen-bond acceptors (Lipinski definition) is 4. The van der Waals surface area contributed by atoms with Crippen molar-refractivity contribution in [3.63, 3.8) is 0 Å². The highest BCUT2D eigenvalue weighted by atomic mass is 16.5. The summed E-state index contributed by atoms with van der Waals surface area (Å²) >= 11 is 0. The number of carbonyl (C=O) groups excluding carboxylic acids is 1. The fourth-order valence-electron chi connectivity index (χ4n) is 2.42. The van der Waals surface area contributed by atoms with E-state index in [4.69, 9.17) is 10.5 Å². The molecule has 1 aliphatic heterocycles. The molecule has 0 unspecified atom stereocenters. The van der Waals surface area contributed by atoms with Crippen molar-refractivity contribution >= 4 is 5.91 Å². The van der Waals surface area contributed by atoms with Crippen molar-refractivity contribution in [1.29, 1.82) is 0 Å². The number of nitrogens with two attached hydrogens (primary N) is 1. The third-order valence-electron chi connectivity index (χ3n) is 3.49. The van der Waals surface area contributed by atoms with Gasteiger partial charge in [0.2, 0.25) is 0 Å². The van der Waals surface area contributed by atoms with Crippen LogP contribution in [0.1, 0.15) is 21.6 Å². The van der Waals surface area contributed by atoms with E-state index in [1.54, 1.807) is 17.2 Å². The number of pyridine rings is 1. The molecule has 108 valence electrons. The van der Waals surface area contributed by atoms with E-state index in [1.165, 1.54) is 0 Å². The lowest BCUT2D eigenvalue weighted by atomic mass is 10.1. The first-order chi connectivity index (χ1) is 10.3. The Balaban J connectivity index is 1.84. The number of amides is 1. The van der Waals surface area contributed by atoms with Gasteiger partial charge in [-0.05, 0) is 29.8 Å². The predicted octanol–water partition coefficient (Wildman–Crippen LogP) is 1.58. The second-order valence-corrected chi connectivity index (χ2v) is 4.93. The van der Waals surface area contributed by atoms with Crippen LogP contribution in [-0.4, -0.2) is 28.9 Å². The molecule has 2 heterocycles. The van der Waals surface area contributed by atoms with Crippen molar-refractivity contribution in [3.8, 4) is 5.75 Å². The van der Waals surface area contributed by atoms with E-state index in [2.05, 4.69) is 4.98 Å². The van der Waals surface area contributed by atoms with Crippen molar-refractivity contribution in [2.24, 2.45) is 5.73 Å². The van der Waals surface area contributed by atoms with E-state index in [-0.39, 0.29) is 5.91 Å². The second kappa shape index (κ2) is 5.93. The number of nitrogens with zero attached hydrogens (tertiary/aromatic N) is 2. The third-order valence-corrected chi connectivity index (χ3v) is 3.49. The Labute approximate surface area is 123 Å². The quantitative estimate of drug-likeness (QED) is 0.928. The minimum absolute atomic E-state index is 0.00536. The van der Waals surface area contributed by atoms with E-state index < -0.39 is 0 Å². The molecule has 0 atom stereocenters. The summed E-state index contributed by atoms with van der Waals surface area (Å²) in [6, 6.07) is 11.2. The first kappa shape index (κ1) is 13.6. The van der Waals surface area contributed by atoms with E-state index in [0.717, 1.165) is 11.3 Å². The van der Waals surface area contributed by atoms with Crippen LogP contribution in [0.25, 0.3) is 0 Å². The van der Waals surface area contributed by atoms with Crippen LogP contribution < -0.4 is 10.5 Å². The predicted molar refractivity (Wildman–Crippen MR) is 78.8 cm³/mol. The summed E-state index contributed by atoms with van der Waals surface area (Å²) in [5.74, 6) is 0.650. The van der Waals surface area contributed by atoms with Crippen molar-refractivity contribution in [2.75, 3.05) is 13.2 Å². The summed E-state index contributed by atoms with van der Waals surface area (Å²) in [4.78, 5) is 18.6. The molecule has 1 aromatic heterocycles. The molecule has 1 amide bonds. The van der Waals surface area contributed by atoms with Gasteiger partial charge < -0.3 is 15.4 Å². The molecule has 1 aromatic carbocycles. The van der Waals surface area contributed by atoms with Crippen LogP contribution in [0.4, 0.5) is 0 Å². The Kier molecular flexibility index (Phi) is 3.83. The number of hydrogen-bond donors (Lipinski definition) is 1. The molecule has 5 heteroatoms. The number of rotatable bonds is 3. The Hall–Kier alpha value is -2.40. The summed E-state index contributed by atoms with van der Waals surface area (Å²) in [5, 5.41) is 0. The molecule has 1 aliphatic rings. The molecule has 0 saturated carbocycles. The van der Waals surface area contributed by atoms with E-state index in [1.807, 2.05) is 30.3 Å². The van der Waals surface area contributed by atoms with Crippen molar-refractivity contribution in [3.05, 3.63) is 59.4 Å². The maximum Gasteiger partial charge on any atom is 0.258 e. The van der Waals surface area contributed by atoms with Gasteiger partial charge in [-0.3, -0.25) is 9.78 Å². The number of fused-ring (bicyclic) bond motifs is 1. The molecule has 0 spiro atoms. The highest BCUT2D eigenvalue weighted by molar-refractivity contribution is 5.97. The molecule has 2 N–H and O–H groups in total. The maximum absolute atomic E-state index is 12.6. The minimum atomic E-state index is -0.00536. The molecular weight excluding hydrogens is 266 g/mol. The molecule has 2 aromatic rings. The van der Waals surface area contributed by atoms with E-state index >= 15 is 0 Å². The smallest absolute Gasteiger partial charge is 0.258 e. The van der Waals surface area contributed by atoms with E-state index in [0.29, 0.717) is 37.6 Å². The first-order valence-electron chi connectivity index (χ1n) is 6.93. The number of para-hydroxylation sites is 1. The molecular formula is C16H17N3O2. The average Bonchev–Trinajstić information content (AvgIpc) is 2.68. The molecule has 0 fully saturated rings. The van der Waals surface area contributed by atoms with Gasteiger partial charge >= 0.3 is 0 Å². The highest BCUT2D eigenvalue weighted by Crippen LogP contribution is 2.23. The normalized spacial score (nSPS) is 14.3. The number of carbonyl (C=O) groups is 1. The lowest BCUT2D eigenvalue weighted by Crippen LogP contribution is -2.31. The molecule has 0 saturated heterocycles. The molecule has 3 rings (SSSR count). The fraction of sp³-hybridized carbons (Fsp3) is 0.250. The summed E-state index contributed by atoms with van der Waals surface area (Å²) in [6.07, 6.45) is 1.73. The monoisotopic (exact) mass is 283 g/mol. The lowest BCUT2D eigenvalue weighted by molar-refractivity contribution is 0.0743. The molecule has 0 aliphatic carbocycles. The third kappa shape index (κ3) is 2.87. The Morgan fingerprint density at radius 1 is 1.29 bits per heavy atom. The Morgan fingerprint density at radius 2 is 2.14 bits per heavy atom. The van der Waals surface area contributed by atoms with Gasteiger partial charge in [0.05, 0.1) is 17.8 Å². The standard InChI is InChI=1S/C16H17N3O2/c17-10-13-9-12(5-6-18-13)11-19-7-8-21-15-4-2-1-3-14(15)16(19)20/h1-6,9H,7-8,10-11,17H2. The van der Waals surface area contributed by atoms with Crippen LogP contribution in [0, 0.1) is 0 Å². The van der Waals surface area contributed by atoms with Crippen LogP contribution in [0.3, 0.4) is 0 Å². The van der Waals surface area contributed by atoms with Gasteiger partial charge in [-0.15, -0.1) is 0 Å². The largest absolute Gasteiger partial charge is 0.491 e. The summed E-state index contributed by atoms with van der Waals surface area (Å²) in [6.45, 7) is 1.99. The van der Waals surface area contributed by atoms with Gasteiger partial charge in [-0.25, -0.2) is 0 Å². The van der Waals surface area contributed by atoms with Gasteiger partial charge in [0.15, 0.2) is 0 Å². The topological polar surface area (TPSA) is 68.4 Å². The SMILES string of the molecule is NCc1cc(CN2CCOc3ccccc3C2=O)ccn1. The van der Waals surface area contributed by atoms with Crippen LogP contribution in [-0.2, 0) is 13.1 Å². The first-order valence-corrected chi connectivity index (χ1v) is 6.93. The average molecular weight is 283 g/mol. The molecule has 5 nitrogen and oxygen atoms in total. The van der Waals surface area contributed by atoms with Crippen molar-refractivity contribution in [1.82, 2.24) is 9.88 Å². The molecule has 0 bridgehead atoms. The number of benzene rings is 1. The molecule has 0 radical (unpaired) electrons. The van der Waals surface area contributed by atoms with Crippen LogP contribution in [0.15, 0.2) is 42.6 Å². The van der Waals surface area contributed by atoms with Gasteiger partial charge in [-0.2, -0.15) is 0 Å². The number of ether oxygens (including phenoxy) is 1. The fourth-order valence-corrected chi connectivity index (χ4v) is 2.42. The van der Waals surface area contributed by atoms with Crippen molar-refractivity contribution in [2.45, 2.75) is 13.1 Å². The lowest BCUT2D eigenvalue weighted by Gasteiger charge is -2.20. The minimum Gasteiger partial charge on any atom is -0.491 e. The van der Waals surface area contributed by atoms with E-state index in [9.17, 15) is 4.79 Å². The van der Waals surface area contributed by atoms with Crippen LogP contribution >= 0.6 is 0 Å². The number of aromatic nitrogens is 1. The highest BCUT2D eigenvalue weighted by Gasteiger charge is 2.23. The van der Waals surface area contributed by atoms with Crippen LogP contribution in [0.2, 0.25) is 0 Å². The summed E-state index contributed by atoms with van der Waals surface area (Å²) in [7, 11) is 0. The second-order valence-electron chi connectivity index (χ2n) is 4.93. The summed E-state index contributed by atoms with van der Waals surface area (Å²) < 4.78 is 5.64. The maximum atomic E-state index is 12.6.